The third kappa shape index (κ3) is 11.1. The average Bonchev–Trinajstić information content (AvgIpc) is 3.92. The van der Waals surface area contributed by atoms with E-state index in [1.54, 1.807) is 0 Å². The van der Waals surface area contributed by atoms with Crippen LogP contribution in [-0.4, -0.2) is 4.98 Å². The van der Waals surface area contributed by atoms with Crippen molar-refractivity contribution in [3.63, 3.8) is 0 Å². The third-order valence-corrected chi connectivity index (χ3v) is 11.4. The fourth-order valence-corrected chi connectivity index (χ4v) is 8.06. The summed E-state index contributed by atoms with van der Waals surface area (Å²) in [6.45, 7) is 6.11. The minimum atomic E-state index is -2.10. The van der Waals surface area contributed by atoms with E-state index in [0.29, 0.717) is 5.56 Å². The van der Waals surface area contributed by atoms with Gasteiger partial charge in [-0.25, -0.2) is 9.13 Å². The van der Waals surface area contributed by atoms with Crippen LogP contribution in [0.25, 0.3) is 33.8 Å². The molecule has 2 saturated carbocycles. The number of aromatic nitrogens is 3. The number of pyridine rings is 3. The van der Waals surface area contributed by atoms with E-state index in [-0.39, 0.29) is 22.3 Å². The SMILES string of the molecule is C.C.C.Cc1ccccc1-c1cc(C2CCCC2)cc[n+]1C.Cc1ccccc1-c1ccc(C2CCCC2)c[n+]1C.[2H]C([2H])([2H])c1cnc(-c2ccccc2C)cc1C. The lowest BCUT2D eigenvalue weighted by molar-refractivity contribution is -0.660. The van der Waals surface area contributed by atoms with Gasteiger partial charge in [0.25, 0.3) is 0 Å². The molecule has 0 amide bonds. The fourth-order valence-electron chi connectivity index (χ4n) is 8.06. The van der Waals surface area contributed by atoms with Gasteiger partial charge in [-0.15, -0.1) is 0 Å². The maximum absolute atomic E-state index is 7.42. The highest BCUT2D eigenvalue weighted by atomic mass is 14.9. The molecule has 0 bridgehead atoms. The normalized spacial score (nSPS) is 14.6. The van der Waals surface area contributed by atoms with Crippen LogP contribution < -0.4 is 9.13 Å². The van der Waals surface area contributed by atoms with Crippen molar-refractivity contribution >= 4 is 0 Å². The van der Waals surface area contributed by atoms with Crippen LogP contribution in [0.5, 0.6) is 0 Å². The number of rotatable bonds is 5. The molecule has 2 aliphatic rings. The van der Waals surface area contributed by atoms with E-state index < -0.39 is 6.85 Å². The van der Waals surface area contributed by atoms with E-state index in [4.69, 9.17) is 4.11 Å². The molecular formula is C53H71N3+2. The Hall–Kier alpha value is -4.89. The Balaban J connectivity index is 0.000000231. The number of hydrogen-bond donors (Lipinski definition) is 0. The van der Waals surface area contributed by atoms with Gasteiger partial charge in [-0.2, -0.15) is 0 Å². The molecule has 0 unspecified atom stereocenters. The summed E-state index contributed by atoms with van der Waals surface area (Å²) in [6.07, 6.45) is 17.0. The Bertz CT molecular complexity index is 2240. The van der Waals surface area contributed by atoms with Crippen molar-refractivity contribution in [1.82, 2.24) is 4.98 Å². The molecule has 6 aromatic rings. The van der Waals surface area contributed by atoms with Gasteiger partial charge in [0, 0.05) is 50.8 Å². The van der Waals surface area contributed by atoms with Crippen LogP contribution in [0.1, 0.15) is 129 Å². The molecule has 56 heavy (non-hydrogen) atoms. The lowest BCUT2D eigenvalue weighted by atomic mass is 9.95. The van der Waals surface area contributed by atoms with Crippen LogP contribution in [0, 0.1) is 34.5 Å². The Morgan fingerprint density at radius 2 is 1.02 bits per heavy atom. The summed E-state index contributed by atoms with van der Waals surface area (Å²) in [4.78, 5) is 4.28. The summed E-state index contributed by atoms with van der Waals surface area (Å²) in [6, 6.07) is 36.4. The largest absolute Gasteiger partial charge is 0.256 e. The van der Waals surface area contributed by atoms with Crippen LogP contribution >= 0.6 is 0 Å². The zero-order chi connectivity index (χ0) is 39.8. The van der Waals surface area contributed by atoms with E-state index in [1.807, 2.05) is 44.2 Å². The van der Waals surface area contributed by atoms with Gasteiger partial charge in [-0.1, -0.05) is 109 Å². The van der Waals surface area contributed by atoms with Crippen LogP contribution in [0.3, 0.4) is 0 Å². The molecule has 3 heteroatoms. The molecule has 2 aliphatic carbocycles. The number of benzene rings is 3. The van der Waals surface area contributed by atoms with Crippen molar-refractivity contribution in [3.05, 3.63) is 161 Å². The van der Waals surface area contributed by atoms with Crippen LogP contribution in [0.15, 0.2) is 122 Å². The molecule has 3 heterocycles. The van der Waals surface area contributed by atoms with Crippen molar-refractivity contribution in [3.8, 4) is 33.8 Å². The van der Waals surface area contributed by atoms with Gasteiger partial charge in [0.2, 0.25) is 11.4 Å². The molecule has 296 valence electrons. The van der Waals surface area contributed by atoms with Crippen molar-refractivity contribution in [2.24, 2.45) is 14.1 Å². The molecule has 0 aliphatic heterocycles. The molecule has 0 N–H and O–H groups in total. The topological polar surface area (TPSA) is 20.6 Å². The van der Waals surface area contributed by atoms with Crippen LogP contribution in [0.2, 0.25) is 0 Å². The summed E-state index contributed by atoms with van der Waals surface area (Å²) < 4.78 is 26.8. The molecular weight excluding hydrogens is 679 g/mol. The number of aryl methyl sites for hydroxylation is 7. The Kier molecular flexibility index (Phi) is 15.6. The van der Waals surface area contributed by atoms with Crippen molar-refractivity contribution < 1.29 is 13.2 Å². The van der Waals surface area contributed by atoms with Gasteiger partial charge in [-0.3, -0.25) is 4.98 Å². The van der Waals surface area contributed by atoms with Crippen LogP contribution in [-0.2, 0) is 14.1 Å². The molecule has 0 radical (unpaired) electrons. The molecule has 0 saturated heterocycles. The summed E-state index contributed by atoms with van der Waals surface area (Å²) in [5.41, 5.74) is 15.1. The highest BCUT2D eigenvalue weighted by Gasteiger charge is 2.22. The van der Waals surface area contributed by atoms with Gasteiger partial charge in [-0.05, 0) is 130 Å². The Labute approximate surface area is 345 Å². The van der Waals surface area contributed by atoms with E-state index in [0.717, 1.165) is 34.2 Å². The van der Waals surface area contributed by atoms with Gasteiger partial charge < -0.3 is 0 Å². The van der Waals surface area contributed by atoms with Gasteiger partial charge >= 0.3 is 0 Å². The van der Waals surface area contributed by atoms with E-state index in [9.17, 15) is 0 Å². The minimum absolute atomic E-state index is 0. The minimum Gasteiger partial charge on any atom is -0.256 e. The Morgan fingerprint density at radius 1 is 0.518 bits per heavy atom. The lowest BCUT2D eigenvalue weighted by Gasteiger charge is -2.11. The summed E-state index contributed by atoms with van der Waals surface area (Å²) >= 11 is 0. The average molecular weight is 753 g/mol. The second-order valence-electron chi connectivity index (χ2n) is 15.2. The quantitative estimate of drug-likeness (QED) is 0.161. The molecule has 0 spiro atoms. The fraction of sp³-hybridized carbons (Fsp3) is 0.377. The first-order valence-electron chi connectivity index (χ1n) is 21.0. The summed E-state index contributed by atoms with van der Waals surface area (Å²) in [5, 5.41) is 0. The first-order valence-corrected chi connectivity index (χ1v) is 19.5. The zero-order valence-electron chi connectivity index (χ0n) is 35.7. The molecule has 0 atom stereocenters. The first kappa shape index (κ1) is 40.8. The smallest absolute Gasteiger partial charge is 0.212 e. The number of hydrogen-bond acceptors (Lipinski definition) is 1. The van der Waals surface area contributed by atoms with Crippen molar-refractivity contribution in [1.29, 1.82) is 0 Å². The molecule has 8 rings (SSSR count). The molecule has 3 nitrogen and oxygen atoms in total. The second-order valence-corrected chi connectivity index (χ2v) is 15.2. The number of nitrogens with zero attached hydrogens (tertiary/aromatic N) is 3. The van der Waals surface area contributed by atoms with E-state index >= 15 is 0 Å². The zero-order valence-corrected chi connectivity index (χ0v) is 32.7. The van der Waals surface area contributed by atoms with Gasteiger partial charge in [0.15, 0.2) is 12.4 Å². The maximum atomic E-state index is 7.42. The maximum Gasteiger partial charge on any atom is 0.212 e. The van der Waals surface area contributed by atoms with Crippen LogP contribution in [0.4, 0.5) is 0 Å². The molecule has 2 fully saturated rings. The highest BCUT2D eigenvalue weighted by molar-refractivity contribution is 5.64. The van der Waals surface area contributed by atoms with Gasteiger partial charge in [0.1, 0.15) is 14.1 Å². The summed E-state index contributed by atoms with van der Waals surface area (Å²) in [7, 11) is 4.31. The highest BCUT2D eigenvalue weighted by Crippen LogP contribution is 2.36. The van der Waals surface area contributed by atoms with E-state index in [1.165, 1.54) is 102 Å². The second kappa shape index (κ2) is 21.4. The monoisotopic (exact) mass is 753 g/mol. The third-order valence-electron chi connectivity index (χ3n) is 11.4. The first-order chi connectivity index (χ1) is 26.9. The van der Waals surface area contributed by atoms with E-state index in [2.05, 4.69) is 127 Å². The Morgan fingerprint density at radius 3 is 1.52 bits per heavy atom. The summed E-state index contributed by atoms with van der Waals surface area (Å²) in [5.74, 6) is 1.57. The van der Waals surface area contributed by atoms with Crippen molar-refractivity contribution in [2.45, 2.75) is 120 Å². The predicted octanol–water partition coefficient (Wildman–Crippen LogP) is 13.9. The van der Waals surface area contributed by atoms with Crippen molar-refractivity contribution in [2.75, 3.05) is 0 Å². The molecule has 3 aromatic carbocycles. The molecule has 3 aromatic heterocycles. The predicted molar refractivity (Wildman–Crippen MR) is 242 cm³/mol. The standard InChI is InChI=1S/2C18H22N.C14H15N.3CH4/c1-14-7-3-6-10-17(14)18-13-16(11-12-19(18)2)15-8-4-5-9-15;1-14-7-3-6-10-17(14)18-12-11-16(13-19(18)2)15-8-4-5-9-15;1-10-6-4-5-7-13(10)14-8-11(2)12(3)9-15-14;;;/h2*3,6-7,10-13,15H,4-5,8-9H2,1-2H3;4-9H,1-3H3;3*1H4/q2*+1;;;;/i;;3D3;;;. The lowest BCUT2D eigenvalue weighted by Crippen LogP contribution is -2.31. The van der Waals surface area contributed by atoms with Gasteiger partial charge in [0.05, 0.1) is 5.69 Å².